The van der Waals surface area contributed by atoms with Crippen LogP contribution in [0.4, 0.5) is 0 Å². The van der Waals surface area contributed by atoms with Gasteiger partial charge in [-0.25, -0.2) is 14.8 Å². The third kappa shape index (κ3) is 5.18. The third-order valence-electron chi connectivity index (χ3n) is 5.57. The molecule has 0 aliphatic carbocycles. The molecular weight excluding hydrogens is 450 g/mol. The van der Waals surface area contributed by atoms with Crippen molar-refractivity contribution in [2.45, 2.75) is 39.0 Å². The second-order valence-corrected chi connectivity index (χ2v) is 14.9. The Morgan fingerprint density at radius 1 is 1.12 bits per heavy atom. The first kappa shape index (κ1) is 23.6. The Hall–Kier alpha value is -3.50. The van der Waals surface area contributed by atoms with E-state index in [4.69, 9.17) is 9.47 Å². The van der Waals surface area contributed by atoms with E-state index in [2.05, 4.69) is 34.7 Å². The van der Waals surface area contributed by atoms with Crippen LogP contribution < -0.4 is 4.74 Å². The Labute approximate surface area is 199 Å². The molecule has 0 aliphatic rings. The Balaban J connectivity index is 1.62. The summed E-state index contributed by atoms with van der Waals surface area (Å²) in [5.41, 5.74) is 2.66. The Bertz CT molecular complexity index is 1290. The van der Waals surface area contributed by atoms with Gasteiger partial charge in [-0.15, -0.1) is 0 Å². The molecule has 0 bridgehead atoms. The van der Waals surface area contributed by atoms with Crippen molar-refractivity contribution in [2.75, 3.05) is 13.7 Å². The molecule has 0 saturated heterocycles. The minimum absolute atomic E-state index is 0.0787. The van der Waals surface area contributed by atoms with E-state index >= 15 is 0 Å². The third-order valence-corrected chi connectivity index (χ3v) is 7.28. The molecule has 3 aromatic heterocycles. The van der Waals surface area contributed by atoms with Gasteiger partial charge in [0.2, 0.25) is 0 Å². The lowest BCUT2D eigenvalue weighted by molar-refractivity contribution is 0.0684. The number of benzene rings is 1. The van der Waals surface area contributed by atoms with Crippen molar-refractivity contribution in [3.63, 3.8) is 0 Å². The molecule has 0 atom stereocenters. The monoisotopic (exact) mass is 479 g/mol. The Morgan fingerprint density at radius 3 is 2.56 bits per heavy atom. The van der Waals surface area contributed by atoms with Gasteiger partial charge in [0.05, 0.1) is 31.1 Å². The first-order valence-electron chi connectivity index (χ1n) is 11.1. The lowest BCUT2D eigenvalue weighted by Gasteiger charge is -2.15. The zero-order valence-electron chi connectivity index (χ0n) is 19.9. The van der Waals surface area contributed by atoms with Gasteiger partial charge in [-0.1, -0.05) is 31.8 Å². The molecule has 10 heteroatoms. The smallest absolute Gasteiger partial charge is 0.354 e. The van der Waals surface area contributed by atoms with Gasteiger partial charge in [-0.2, -0.15) is 5.10 Å². The normalized spacial score (nSPS) is 11.8. The number of carboxylic acid groups (broad SMARTS) is 1. The zero-order chi connectivity index (χ0) is 24.3. The molecule has 0 amide bonds. The van der Waals surface area contributed by atoms with Gasteiger partial charge < -0.3 is 19.1 Å². The molecule has 1 N–H and O–H groups in total. The number of rotatable bonds is 10. The van der Waals surface area contributed by atoms with Crippen LogP contribution in [0.5, 0.6) is 5.75 Å². The maximum atomic E-state index is 12.2. The van der Waals surface area contributed by atoms with Gasteiger partial charge in [0.25, 0.3) is 0 Å². The Kier molecular flexibility index (Phi) is 6.80. The van der Waals surface area contributed by atoms with Crippen molar-refractivity contribution in [3.8, 4) is 17.0 Å². The number of carbonyl (C=O) groups is 1. The summed E-state index contributed by atoms with van der Waals surface area (Å²) >= 11 is 0. The highest BCUT2D eigenvalue weighted by molar-refractivity contribution is 6.76. The van der Waals surface area contributed by atoms with Crippen molar-refractivity contribution in [1.29, 1.82) is 0 Å². The summed E-state index contributed by atoms with van der Waals surface area (Å²) in [4.78, 5) is 21.0. The van der Waals surface area contributed by atoms with Crippen LogP contribution in [0.15, 0.2) is 49.1 Å². The van der Waals surface area contributed by atoms with Gasteiger partial charge in [0.15, 0.2) is 5.69 Å². The second-order valence-electron chi connectivity index (χ2n) is 9.31. The van der Waals surface area contributed by atoms with E-state index in [0.717, 1.165) is 22.7 Å². The fourth-order valence-corrected chi connectivity index (χ4v) is 4.43. The standard InChI is InChI=1S/C24H29N5O4Si/c1-32-18-7-5-17(6-8-18)14-29-22(24(30)31)20(13-27-29)21-19-9-10-28(23(19)26-15-25-21)16-33-11-12-34(2,3)4/h5-10,13,15H,11-12,14,16H2,1-4H3,(H,30,31). The summed E-state index contributed by atoms with van der Waals surface area (Å²) in [5.74, 6) is -0.331. The number of aromatic nitrogens is 5. The summed E-state index contributed by atoms with van der Waals surface area (Å²) in [5, 5.41) is 15.1. The highest BCUT2D eigenvalue weighted by atomic mass is 28.3. The molecule has 4 aromatic rings. The van der Waals surface area contributed by atoms with Crippen molar-refractivity contribution in [3.05, 3.63) is 60.3 Å². The molecule has 0 fully saturated rings. The average Bonchev–Trinajstić information content (AvgIpc) is 3.41. The van der Waals surface area contributed by atoms with E-state index < -0.39 is 14.0 Å². The van der Waals surface area contributed by atoms with Crippen LogP contribution in [0.25, 0.3) is 22.3 Å². The van der Waals surface area contributed by atoms with Crippen molar-refractivity contribution >= 4 is 25.1 Å². The van der Waals surface area contributed by atoms with E-state index in [1.807, 2.05) is 41.1 Å². The van der Waals surface area contributed by atoms with E-state index in [1.165, 1.54) is 11.0 Å². The molecule has 4 rings (SSSR count). The fourth-order valence-electron chi connectivity index (χ4n) is 3.67. The molecule has 0 radical (unpaired) electrons. The average molecular weight is 480 g/mol. The number of methoxy groups -OCH3 is 1. The number of aromatic carboxylic acids is 1. The first-order valence-corrected chi connectivity index (χ1v) is 14.8. The van der Waals surface area contributed by atoms with Crippen LogP contribution in [-0.2, 0) is 18.0 Å². The molecule has 178 valence electrons. The number of ether oxygens (including phenoxy) is 2. The van der Waals surface area contributed by atoms with E-state index in [-0.39, 0.29) is 5.69 Å². The fraction of sp³-hybridized carbons (Fsp3) is 0.333. The molecule has 0 aliphatic heterocycles. The number of hydrogen-bond donors (Lipinski definition) is 1. The molecule has 0 spiro atoms. The molecule has 3 heterocycles. The second kappa shape index (κ2) is 9.78. The summed E-state index contributed by atoms with van der Waals surface area (Å²) in [6.45, 7) is 8.34. The van der Waals surface area contributed by atoms with Gasteiger partial charge >= 0.3 is 5.97 Å². The number of carboxylic acids is 1. The highest BCUT2D eigenvalue weighted by Crippen LogP contribution is 2.29. The van der Waals surface area contributed by atoms with E-state index in [0.29, 0.717) is 36.8 Å². The quantitative estimate of drug-likeness (QED) is 0.266. The maximum absolute atomic E-state index is 12.2. The van der Waals surface area contributed by atoms with Crippen molar-refractivity contribution in [2.24, 2.45) is 0 Å². The molecule has 1 aromatic carbocycles. The molecular formula is C24H29N5O4Si. The molecule has 0 saturated carbocycles. The lowest BCUT2D eigenvalue weighted by Crippen LogP contribution is -2.22. The molecule has 34 heavy (non-hydrogen) atoms. The maximum Gasteiger partial charge on any atom is 0.354 e. The van der Waals surface area contributed by atoms with Gasteiger partial charge in [0.1, 0.15) is 24.5 Å². The summed E-state index contributed by atoms with van der Waals surface area (Å²) in [6, 6.07) is 10.4. The van der Waals surface area contributed by atoms with Crippen molar-refractivity contribution < 1.29 is 19.4 Å². The summed E-state index contributed by atoms with van der Waals surface area (Å²) in [6.07, 6.45) is 4.89. The first-order chi connectivity index (χ1) is 16.3. The van der Waals surface area contributed by atoms with Crippen LogP contribution in [-0.4, -0.2) is 57.2 Å². The van der Waals surface area contributed by atoms with E-state index in [9.17, 15) is 9.90 Å². The predicted molar refractivity (Wildman–Crippen MR) is 132 cm³/mol. The van der Waals surface area contributed by atoms with Crippen LogP contribution in [0.3, 0.4) is 0 Å². The SMILES string of the molecule is COc1ccc(Cn2ncc(-c3ncnc4c3ccn4COCC[Si](C)(C)C)c2C(=O)O)cc1. The van der Waals surface area contributed by atoms with Crippen LogP contribution >= 0.6 is 0 Å². The van der Waals surface area contributed by atoms with Gasteiger partial charge in [-0.3, -0.25) is 4.68 Å². The van der Waals surface area contributed by atoms with Crippen LogP contribution in [0, 0.1) is 0 Å². The van der Waals surface area contributed by atoms with Crippen molar-refractivity contribution in [1.82, 2.24) is 24.3 Å². The minimum Gasteiger partial charge on any atom is -0.497 e. The van der Waals surface area contributed by atoms with Gasteiger partial charge in [0, 0.05) is 26.3 Å². The zero-order valence-corrected chi connectivity index (χ0v) is 20.9. The number of hydrogen-bond acceptors (Lipinski definition) is 6. The summed E-state index contributed by atoms with van der Waals surface area (Å²) < 4.78 is 14.5. The minimum atomic E-state index is -1.16. The molecule has 0 unspecified atom stereocenters. The predicted octanol–water partition coefficient (Wildman–Crippen LogP) is 4.36. The summed E-state index contributed by atoms with van der Waals surface area (Å²) in [7, 11) is 0.439. The topological polar surface area (TPSA) is 104 Å². The largest absolute Gasteiger partial charge is 0.497 e. The number of fused-ring (bicyclic) bond motifs is 1. The van der Waals surface area contributed by atoms with Gasteiger partial charge in [-0.05, 0) is 29.8 Å². The van der Waals surface area contributed by atoms with Crippen LogP contribution in [0.2, 0.25) is 25.7 Å². The number of nitrogens with zero attached hydrogens (tertiary/aromatic N) is 5. The van der Waals surface area contributed by atoms with E-state index in [1.54, 1.807) is 13.3 Å². The van der Waals surface area contributed by atoms with Crippen LogP contribution in [0.1, 0.15) is 16.1 Å². The molecule has 9 nitrogen and oxygen atoms in total. The highest BCUT2D eigenvalue weighted by Gasteiger charge is 2.23. The lowest BCUT2D eigenvalue weighted by atomic mass is 10.1. The Morgan fingerprint density at radius 2 is 1.88 bits per heavy atom.